The molecule has 0 aliphatic rings. The lowest BCUT2D eigenvalue weighted by molar-refractivity contribution is 0.508. The van der Waals surface area contributed by atoms with Crippen LogP contribution in [0.5, 0.6) is 0 Å². The Labute approximate surface area is 108 Å². The van der Waals surface area contributed by atoms with Gasteiger partial charge >= 0.3 is 0 Å². The largest absolute Gasteiger partial charge is 0.311 e. The quantitative estimate of drug-likeness (QED) is 0.870. The van der Waals surface area contributed by atoms with E-state index in [-0.39, 0.29) is 6.04 Å². The molecule has 5 heteroatoms. The highest BCUT2D eigenvalue weighted by Crippen LogP contribution is 2.18. The van der Waals surface area contributed by atoms with E-state index in [4.69, 9.17) is 0 Å². The van der Waals surface area contributed by atoms with Crippen LogP contribution in [0.15, 0.2) is 18.3 Å². The van der Waals surface area contributed by atoms with E-state index >= 15 is 0 Å². The van der Waals surface area contributed by atoms with Crippen LogP contribution in [0.3, 0.4) is 0 Å². The van der Waals surface area contributed by atoms with E-state index in [1.54, 1.807) is 0 Å². The van der Waals surface area contributed by atoms with E-state index in [1.165, 1.54) is 11.4 Å². The van der Waals surface area contributed by atoms with Gasteiger partial charge in [-0.1, -0.05) is 0 Å². The standard InChI is InChI=1S/C13H21N5/c1-5-18-11(8-10(2)16-18)9-12(14-3)13-6-7-15-17(13)4/h6-8,12,14H,5,9H2,1-4H3. The van der Waals surface area contributed by atoms with Crippen molar-refractivity contribution in [2.75, 3.05) is 7.05 Å². The second-order valence-electron chi connectivity index (χ2n) is 4.52. The minimum absolute atomic E-state index is 0.263. The molecule has 2 aromatic heterocycles. The lowest BCUT2D eigenvalue weighted by Gasteiger charge is -2.17. The Kier molecular flexibility index (Phi) is 3.81. The summed E-state index contributed by atoms with van der Waals surface area (Å²) >= 11 is 0. The minimum Gasteiger partial charge on any atom is -0.311 e. The van der Waals surface area contributed by atoms with Gasteiger partial charge in [0.2, 0.25) is 0 Å². The molecule has 1 atom stereocenters. The monoisotopic (exact) mass is 247 g/mol. The Morgan fingerprint density at radius 1 is 1.44 bits per heavy atom. The Morgan fingerprint density at radius 2 is 2.22 bits per heavy atom. The molecule has 98 valence electrons. The summed E-state index contributed by atoms with van der Waals surface area (Å²) in [6, 6.07) is 4.48. The van der Waals surface area contributed by atoms with Gasteiger partial charge < -0.3 is 5.32 Å². The van der Waals surface area contributed by atoms with Crippen molar-refractivity contribution in [2.45, 2.75) is 32.9 Å². The molecule has 2 aromatic rings. The molecule has 0 aliphatic heterocycles. The van der Waals surface area contributed by atoms with Gasteiger partial charge in [-0.25, -0.2) is 0 Å². The second kappa shape index (κ2) is 5.35. The fourth-order valence-electron chi connectivity index (χ4n) is 2.33. The van der Waals surface area contributed by atoms with E-state index < -0.39 is 0 Å². The topological polar surface area (TPSA) is 47.7 Å². The van der Waals surface area contributed by atoms with Crippen molar-refractivity contribution in [3.63, 3.8) is 0 Å². The van der Waals surface area contributed by atoms with E-state index in [1.807, 2.05) is 31.9 Å². The highest BCUT2D eigenvalue weighted by molar-refractivity contribution is 5.15. The van der Waals surface area contributed by atoms with Gasteiger partial charge in [0.1, 0.15) is 0 Å². The Morgan fingerprint density at radius 3 is 2.78 bits per heavy atom. The maximum Gasteiger partial charge on any atom is 0.0596 e. The van der Waals surface area contributed by atoms with Crippen LogP contribution < -0.4 is 5.32 Å². The van der Waals surface area contributed by atoms with E-state index in [0.717, 1.165) is 18.7 Å². The van der Waals surface area contributed by atoms with Crippen LogP contribution in [-0.2, 0) is 20.0 Å². The fourth-order valence-corrected chi connectivity index (χ4v) is 2.33. The number of aromatic nitrogens is 4. The highest BCUT2D eigenvalue weighted by Gasteiger charge is 2.16. The number of nitrogens with zero attached hydrogens (tertiary/aromatic N) is 4. The number of rotatable bonds is 5. The Balaban J connectivity index is 2.23. The molecule has 1 unspecified atom stereocenters. The number of hydrogen-bond donors (Lipinski definition) is 1. The average Bonchev–Trinajstić information content (AvgIpc) is 2.92. The van der Waals surface area contributed by atoms with E-state index in [0.29, 0.717) is 0 Å². The van der Waals surface area contributed by atoms with Gasteiger partial charge in [-0.2, -0.15) is 10.2 Å². The molecule has 5 nitrogen and oxygen atoms in total. The SMILES string of the molecule is CCn1nc(C)cc1CC(NC)c1ccnn1C. The summed E-state index contributed by atoms with van der Waals surface area (Å²) in [5, 5.41) is 12.1. The van der Waals surface area contributed by atoms with Gasteiger partial charge in [0.15, 0.2) is 0 Å². The molecule has 18 heavy (non-hydrogen) atoms. The number of aryl methyl sites for hydroxylation is 3. The zero-order chi connectivity index (χ0) is 13.1. The normalized spacial score (nSPS) is 12.9. The smallest absolute Gasteiger partial charge is 0.0596 e. The summed E-state index contributed by atoms with van der Waals surface area (Å²) in [7, 11) is 3.96. The van der Waals surface area contributed by atoms with Crippen molar-refractivity contribution in [3.8, 4) is 0 Å². The van der Waals surface area contributed by atoms with Crippen LogP contribution >= 0.6 is 0 Å². The molecule has 2 heterocycles. The number of hydrogen-bond acceptors (Lipinski definition) is 3. The van der Waals surface area contributed by atoms with Gasteiger partial charge in [0.25, 0.3) is 0 Å². The molecule has 2 rings (SSSR count). The summed E-state index contributed by atoms with van der Waals surface area (Å²) in [6.07, 6.45) is 2.76. The number of likely N-dealkylation sites (N-methyl/N-ethyl adjacent to an activating group) is 1. The summed E-state index contributed by atoms with van der Waals surface area (Å²) in [5.41, 5.74) is 3.53. The molecular weight excluding hydrogens is 226 g/mol. The van der Waals surface area contributed by atoms with Crippen molar-refractivity contribution in [1.82, 2.24) is 24.9 Å². The van der Waals surface area contributed by atoms with Crippen LogP contribution in [0, 0.1) is 6.92 Å². The van der Waals surface area contributed by atoms with Gasteiger partial charge in [0.05, 0.1) is 17.4 Å². The third-order valence-electron chi connectivity index (χ3n) is 3.26. The van der Waals surface area contributed by atoms with Crippen molar-refractivity contribution in [1.29, 1.82) is 0 Å². The van der Waals surface area contributed by atoms with Crippen molar-refractivity contribution >= 4 is 0 Å². The first-order valence-electron chi connectivity index (χ1n) is 6.34. The Hall–Kier alpha value is -1.62. The molecule has 0 fully saturated rings. The van der Waals surface area contributed by atoms with Crippen LogP contribution in [0.25, 0.3) is 0 Å². The third kappa shape index (κ3) is 2.46. The molecule has 0 aliphatic carbocycles. The first-order chi connectivity index (χ1) is 8.65. The lowest BCUT2D eigenvalue weighted by atomic mass is 10.1. The maximum atomic E-state index is 4.49. The average molecular weight is 247 g/mol. The molecule has 0 saturated carbocycles. The Bertz CT molecular complexity index is 511. The van der Waals surface area contributed by atoms with Crippen LogP contribution in [0.2, 0.25) is 0 Å². The van der Waals surface area contributed by atoms with Gasteiger partial charge in [-0.15, -0.1) is 0 Å². The molecule has 0 saturated heterocycles. The number of nitrogens with one attached hydrogen (secondary N) is 1. The summed E-state index contributed by atoms with van der Waals surface area (Å²) < 4.78 is 3.98. The zero-order valence-corrected chi connectivity index (χ0v) is 11.5. The van der Waals surface area contributed by atoms with Crippen molar-refractivity contribution in [3.05, 3.63) is 35.4 Å². The molecule has 0 radical (unpaired) electrons. The maximum absolute atomic E-state index is 4.49. The fraction of sp³-hybridized carbons (Fsp3) is 0.538. The third-order valence-corrected chi connectivity index (χ3v) is 3.26. The van der Waals surface area contributed by atoms with Crippen LogP contribution in [-0.4, -0.2) is 26.6 Å². The molecule has 0 aromatic carbocycles. The highest BCUT2D eigenvalue weighted by atomic mass is 15.3. The van der Waals surface area contributed by atoms with Crippen molar-refractivity contribution < 1.29 is 0 Å². The first-order valence-corrected chi connectivity index (χ1v) is 6.34. The van der Waals surface area contributed by atoms with Gasteiger partial charge in [-0.05, 0) is 33.0 Å². The van der Waals surface area contributed by atoms with Gasteiger partial charge in [0, 0.05) is 31.9 Å². The molecule has 1 N–H and O–H groups in total. The molecular formula is C13H21N5. The van der Waals surface area contributed by atoms with Crippen LogP contribution in [0.4, 0.5) is 0 Å². The predicted octanol–water partition coefficient (Wildman–Crippen LogP) is 1.45. The molecule has 0 spiro atoms. The molecule has 0 bridgehead atoms. The predicted molar refractivity (Wildman–Crippen MR) is 71.4 cm³/mol. The zero-order valence-electron chi connectivity index (χ0n) is 11.5. The van der Waals surface area contributed by atoms with Crippen LogP contribution in [0.1, 0.15) is 30.0 Å². The van der Waals surface area contributed by atoms with E-state index in [9.17, 15) is 0 Å². The van der Waals surface area contributed by atoms with Crippen molar-refractivity contribution in [2.24, 2.45) is 7.05 Å². The van der Waals surface area contributed by atoms with Gasteiger partial charge in [-0.3, -0.25) is 9.36 Å². The lowest BCUT2D eigenvalue weighted by Crippen LogP contribution is -2.23. The van der Waals surface area contributed by atoms with E-state index in [2.05, 4.69) is 39.3 Å². The summed E-state index contributed by atoms with van der Waals surface area (Å²) in [5.74, 6) is 0. The first kappa shape index (κ1) is 12.8. The minimum atomic E-state index is 0.263. The molecule has 0 amide bonds. The summed E-state index contributed by atoms with van der Waals surface area (Å²) in [4.78, 5) is 0. The second-order valence-corrected chi connectivity index (χ2v) is 4.52. The summed E-state index contributed by atoms with van der Waals surface area (Å²) in [6.45, 7) is 5.06.